The fourth-order valence-electron chi connectivity index (χ4n) is 5.48. The molecule has 0 aliphatic carbocycles. The van der Waals surface area contributed by atoms with Crippen LogP contribution in [0.1, 0.15) is 187 Å². The van der Waals surface area contributed by atoms with E-state index in [0.717, 1.165) is 38.5 Å². The zero-order valence-electron chi connectivity index (χ0n) is 31.1. The van der Waals surface area contributed by atoms with Gasteiger partial charge in [0.15, 0.2) is 6.10 Å². The quantitative estimate of drug-likeness (QED) is 0.0317. The van der Waals surface area contributed by atoms with Crippen LogP contribution in [0.4, 0.5) is 0 Å². The molecule has 0 aliphatic heterocycles. The van der Waals surface area contributed by atoms with E-state index < -0.39 is 51.1 Å². The highest BCUT2D eigenvalue weighted by Gasteiger charge is 2.28. The SMILES string of the molecule is CCCCCCCCCCCCCCCC(=O)OC[C@H](COP(=O)(O)OC[C@H](N)C(=O)O)OC(=O)CCCCCCCCCCCCCC. The predicted octanol–water partition coefficient (Wildman–Crippen LogP) is 9.56. The number of carboxylic acid groups (broad SMARTS) is 1. The Morgan fingerprint density at radius 3 is 1.29 bits per heavy atom. The number of unbranched alkanes of at least 4 members (excludes halogenated alkanes) is 23. The normalized spacial score (nSPS) is 13.9. The van der Waals surface area contributed by atoms with Crippen molar-refractivity contribution >= 4 is 25.7 Å². The maximum Gasteiger partial charge on any atom is 0.472 e. The molecule has 290 valence electrons. The van der Waals surface area contributed by atoms with Crippen LogP contribution in [0.25, 0.3) is 0 Å². The molecule has 0 aliphatic rings. The predicted molar refractivity (Wildman–Crippen MR) is 194 cm³/mol. The van der Waals surface area contributed by atoms with Crippen LogP contribution >= 0.6 is 7.82 Å². The number of aliphatic carboxylic acids is 1. The van der Waals surface area contributed by atoms with E-state index in [1.54, 1.807) is 0 Å². The van der Waals surface area contributed by atoms with Crippen molar-refractivity contribution in [3.8, 4) is 0 Å². The first-order valence-corrected chi connectivity index (χ1v) is 21.1. The number of rotatable bonds is 37. The van der Waals surface area contributed by atoms with Crippen molar-refractivity contribution in [2.24, 2.45) is 5.73 Å². The molecule has 0 heterocycles. The number of carbonyl (C=O) groups is 3. The molecular weight excluding hydrogens is 649 g/mol. The summed E-state index contributed by atoms with van der Waals surface area (Å²) in [7, 11) is -4.70. The molecule has 0 radical (unpaired) electrons. The van der Waals surface area contributed by atoms with Gasteiger partial charge in [0.05, 0.1) is 13.2 Å². The first kappa shape index (κ1) is 47.5. The molecule has 11 nitrogen and oxygen atoms in total. The largest absolute Gasteiger partial charge is 0.480 e. The Morgan fingerprint density at radius 1 is 0.551 bits per heavy atom. The van der Waals surface area contributed by atoms with Gasteiger partial charge in [-0.1, -0.05) is 162 Å². The fraction of sp³-hybridized carbons (Fsp3) is 0.919. The summed E-state index contributed by atoms with van der Waals surface area (Å²) in [6.45, 7) is 2.80. The van der Waals surface area contributed by atoms with Crippen LogP contribution in [0.3, 0.4) is 0 Å². The van der Waals surface area contributed by atoms with Gasteiger partial charge in [-0.3, -0.25) is 23.4 Å². The molecule has 0 aromatic carbocycles. The van der Waals surface area contributed by atoms with Crippen LogP contribution in [0.2, 0.25) is 0 Å². The minimum Gasteiger partial charge on any atom is -0.480 e. The number of nitrogens with two attached hydrogens (primary N) is 1. The molecule has 49 heavy (non-hydrogen) atoms. The van der Waals surface area contributed by atoms with E-state index in [1.165, 1.54) is 109 Å². The minimum absolute atomic E-state index is 0.168. The summed E-state index contributed by atoms with van der Waals surface area (Å²) >= 11 is 0. The molecule has 12 heteroatoms. The third-order valence-corrected chi connectivity index (χ3v) is 9.56. The lowest BCUT2D eigenvalue weighted by Gasteiger charge is -2.20. The van der Waals surface area contributed by atoms with Gasteiger partial charge in [-0.25, -0.2) is 4.57 Å². The van der Waals surface area contributed by atoms with Gasteiger partial charge in [0, 0.05) is 12.8 Å². The van der Waals surface area contributed by atoms with E-state index in [2.05, 4.69) is 18.4 Å². The Hall–Kier alpha value is -1.52. The monoisotopic (exact) mass is 721 g/mol. The molecule has 0 aromatic heterocycles. The fourth-order valence-corrected chi connectivity index (χ4v) is 6.26. The molecule has 0 amide bonds. The Labute approximate surface area is 297 Å². The summed E-state index contributed by atoms with van der Waals surface area (Å²) in [4.78, 5) is 45.7. The maximum absolute atomic E-state index is 12.5. The summed E-state index contributed by atoms with van der Waals surface area (Å²) < 4.78 is 32.6. The number of carboxylic acids is 1. The molecule has 0 spiro atoms. The first-order valence-electron chi connectivity index (χ1n) is 19.6. The third kappa shape index (κ3) is 33.4. The Kier molecular flexibility index (Phi) is 32.6. The molecule has 1 unspecified atom stereocenters. The van der Waals surface area contributed by atoms with Crippen molar-refractivity contribution < 1.29 is 47.5 Å². The second kappa shape index (κ2) is 33.6. The van der Waals surface area contributed by atoms with Crippen molar-refractivity contribution in [1.29, 1.82) is 0 Å². The van der Waals surface area contributed by atoms with Gasteiger partial charge in [0.25, 0.3) is 0 Å². The van der Waals surface area contributed by atoms with Gasteiger partial charge >= 0.3 is 25.7 Å². The van der Waals surface area contributed by atoms with E-state index in [4.69, 9.17) is 24.8 Å². The van der Waals surface area contributed by atoms with Crippen molar-refractivity contribution in [2.45, 2.75) is 199 Å². The summed E-state index contributed by atoms with van der Waals surface area (Å²) in [6.07, 6.45) is 28.8. The average molecular weight is 722 g/mol. The molecule has 0 saturated carbocycles. The van der Waals surface area contributed by atoms with Gasteiger partial charge in [-0.15, -0.1) is 0 Å². The van der Waals surface area contributed by atoms with E-state index in [-0.39, 0.29) is 19.4 Å². The number of phosphoric ester groups is 1. The zero-order valence-corrected chi connectivity index (χ0v) is 31.9. The van der Waals surface area contributed by atoms with Gasteiger partial charge in [0.2, 0.25) is 0 Å². The van der Waals surface area contributed by atoms with Crippen molar-refractivity contribution in [2.75, 3.05) is 19.8 Å². The molecule has 0 saturated heterocycles. The Balaban J connectivity index is 4.40. The number of esters is 2. The maximum atomic E-state index is 12.5. The molecule has 3 atom stereocenters. The van der Waals surface area contributed by atoms with Crippen LogP contribution < -0.4 is 5.73 Å². The molecule has 0 rings (SSSR count). The number of ether oxygens (including phenoxy) is 2. The van der Waals surface area contributed by atoms with Gasteiger partial charge in [-0.05, 0) is 12.8 Å². The van der Waals surface area contributed by atoms with Crippen molar-refractivity contribution in [3.63, 3.8) is 0 Å². The summed E-state index contributed by atoms with van der Waals surface area (Å²) in [6, 6.07) is -1.51. The number of hydrogen-bond acceptors (Lipinski definition) is 9. The standard InChI is InChI=1S/C37H72NO10P/c1-3-5-7-9-11-13-15-17-19-20-22-24-26-28-35(39)45-30-33(31-46-49(43,44)47-32-34(38)37(41)42)48-36(40)29-27-25-23-21-18-16-14-12-10-8-6-4-2/h33-34H,3-32,38H2,1-2H3,(H,41,42)(H,43,44)/t33-,34+/m1/s1. The van der Waals surface area contributed by atoms with Crippen LogP contribution in [0.5, 0.6) is 0 Å². The van der Waals surface area contributed by atoms with E-state index in [9.17, 15) is 23.8 Å². The molecule has 0 bridgehead atoms. The zero-order chi connectivity index (χ0) is 36.4. The van der Waals surface area contributed by atoms with Gasteiger partial charge in [0.1, 0.15) is 12.6 Å². The van der Waals surface area contributed by atoms with Crippen LogP contribution in [-0.4, -0.2) is 59.9 Å². The lowest BCUT2D eigenvalue weighted by atomic mass is 10.0. The van der Waals surface area contributed by atoms with Gasteiger partial charge < -0.3 is 25.2 Å². The average Bonchev–Trinajstić information content (AvgIpc) is 3.07. The van der Waals surface area contributed by atoms with Crippen LogP contribution in [0.15, 0.2) is 0 Å². The Morgan fingerprint density at radius 2 is 0.898 bits per heavy atom. The highest BCUT2D eigenvalue weighted by Crippen LogP contribution is 2.43. The first-order chi connectivity index (χ1) is 23.6. The molecular formula is C37H72NO10P. The number of carbonyl (C=O) groups excluding carboxylic acids is 2. The van der Waals surface area contributed by atoms with Crippen molar-refractivity contribution in [1.82, 2.24) is 0 Å². The molecule has 0 aromatic rings. The second-order valence-electron chi connectivity index (χ2n) is 13.4. The lowest BCUT2D eigenvalue weighted by Crippen LogP contribution is -2.34. The van der Waals surface area contributed by atoms with Crippen LogP contribution in [0, 0.1) is 0 Å². The highest BCUT2D eigenvalue weighted by atomic mass is 31.2. The summed E-state index contributed by atoms with van der Waals surface area (Å²) in [5, 5.41) is 8.85. The highest BCUT2D eigenvalue weighted by molar-refractivity contribution is 7.47. The smallest absolute Gasteiger partial charge is 0.472 e. The second-order valence-corrected chi connectivity index (χ2v) is 14.9. The van der Waals surface area contributed by atoms with E-state index >= 15 is 0 Å². The lowest BCUT2D eigenvalue weighted by molar-refractivity contribution is -0.161. The van der Waals surface area contributed by atoms with Crippen molar-refractivity contribution in [3.05, 3.63) is 0 Å². The molecule has 4 N–H and O–H groups in total. The van der Waals surface area contributed by atoms with Crippen LogP contribution in [-0.2, 0) is 37.5 Å². The Bertz CT molecular complexity index is 859. The van der Waals surface area contributed by atoms with Gasteiger partial charge in [-0.2, -0.15) is 0 Å². The summed E-state index contributed by atoms with van der Waals surface area (Å²) in [5.41, 5.74) is 5.31. The number of hydrogen-bond donors (Lipinski definition) is 3. The summed E-state index contributed by atoms with van der Waals surface area (Å²) in [5.74, 6) is -2.37. The molecule has 0 fully saturated rings. The van der Waals surface area contributed by atoms with E-state index in [0.29, 0.717) is 12.8 Å². The minimum atomic E-state index is -4.70. The third-order valence-electron chi connectivity index (χ3n) is 8.61. The topological polar surface area (TPSA) is 172 Å². The van der Waals surface area contributed by atoms with E-state index in [1.807, 2.05) is 0 Å². The number of phosphoric acid groups is 1.